The van der Waals surface area contributed by atoms with Crippen LogP contribution in [-0.2, 0) is 0 Å². The SMILES string of the molecule is O=C(NCC1(CN2CCCC2)CC1)c1ccc(=O)n(-c2ccc(F)cc2)c1. The Morgan fingerprint density at radius 3 is 2.44 bits per heavy atom. The number of carbonyl (C=O) groups is 1. The highest BCUT2D eigenvalue weighted by Crippen LogP contribution is 2.46. The summed E-state index contributed by atoms with van der Waals surface area (Å²) >= 11 is 0. The Labute approximate surface area is 157 Å². The van der Waals surface area contributed by atoms with Crippen LogP contribution in [0.25, 0.3) is 5.69 Å². The van der Waals surface area contributed by atoms with E-state index in [2.05, 4.69) is 10.2 Å². The van der Waals surface area contributed by atoms with E-state index in [0.717, 1.165) is 19.4 Å². The first-order chi connectivity index (χ1) is 13.0. The molecule has 6 heteroatoms. The van der Waals surface area contributed by atoms with Gasteiger partial charge in [0.1, 0.15) is 5.82 Å². The van der Waals surface area contributed by atoms with Gasteiger partial charge in [0, 0.05) is 36.5 Å². The molecule has 1 N–H and O–H groups in total. The van der Waals surface area contributed by atoms with Crippen molar-refractivity contribution in [2.75, 3.05) is 26.2 Å². The van der Waals surface area contributed by atoms with E-state index in [4.69, 9.17) is 0 Å². The largest absolute Gasteiger partial charge is 0.351 e. The summed E-state index contributed by atoms with van der Waals surface area (Å²) in [6, 6.07) is 8.54. The standard InChI is InChI=1S/C21H24FN3O2/c22-17-4-6-18(7-5-17)25-13-16(3-8-19(25)26)20(27)23-14-21(9-10-21)15-24-11-1-2-12-24/h3-8,13H,1-2,9-12,14-15H2,(H,23,27). The molecule has 1 aliphatic heterocycles. The van der Waals surface area contributed by atoms with Crippen LogP contribution in [0.2, 0.25) is 0 Å². The predicted molar refractivity (Wildman–Crippen MR) is 102 cm³/mol. The van der Waals surface area contributed by atoms with E-state index in [1.807, 2.05) is 0 Å². The maximum absolute atomic E-state index is 13.1. The van der Waals surface area contributed by atoms with E-state index in [1.165, 1.54) is 73.1 Å². The molecule has 2 aliphatic rings. The molecule has 1 amide bonds. The minimum Gasteiger partial charge on any atom is -0.351 e. The number of hydrogen-bond acceptors (Lipinski definition) is 3. The van der Waals surface area contributed by atoms with Crippen LogP contribution in [0.1, 0.15) is 36.0 Å². The average Bonchev–Trinajstić information content (AvgIpc) is 3.24. The zero-order valence-electron chi connectivity index (χ0n) is 15.3. The minimum absolute atomic E-state index is 0.182. The molecule has 2 fully saturated rings. The first-order valence-corrected chi connectivity index (χ1v) is 9.54. The number of hydrogen-bond donors (Lipinski definition) is 1. The number of rotatable bonds is 6. The van der Waals surface area contributed by atoms with Crippen LogP contribution in [0.15, 0.2) is 47.4 Å². The Hall–Kier alpha value is -2.47. The Morgan fingerprint density at radius 2 is 1.78 bits per heavy atom. The summed E-state index contributed by atoms with van der Waals surface area (Å²) in [4.78, 5) is 27.2. The molecule has 1 saturated carbocycles. The van der Waals surface area contributed by atoms with Crippen LogP contribution in [-0.4, -0.2) is 41.6 Å². The van der Waals surface area contributed by atoms with Crippen molar-refractivity contribution < 1.29 is 9.18 Å². The van der Waals surface area contributed by atoms with Gasteiger partial charge in [0.15, 0.2) is 0 Å². The van der Waals surface area contributed by atoms with Gasteiger partial charge in [-0.15, -0.1) is 0 Å². The van der Waals surface area contributed by atoms with Crippen molar-refractivity contribution in [3.8, 4) is 5.69 Å². The number of amides is 1. The molecule has 5 nitrogen and oxygen atoms in total. The Morgan fingerprint density at radius 1 is 1.07 bits per heavy atom. The second kappa shape index (κ2) is 7.27. The van der Waals surface area contributed by atoms with Gasteiger partial charge in [-0.25, -0.2) is 4.39 Å². The maximum Gasteiger partial charge on any atom is 0.255 e. The lowest BCUT2D eigenvalue weighted by molar-refractivity contribution is 0.0939. The number of aromatic nitrogens is 1. The topological polar surface area (TPSA) is 54.3 Å². The molecule has 2 heterocycles. The summed E-state index contributed by atoms with van der Waals surface area (Å²) in [6.07, 6.45) is 6.36. The molecule has 0 radical (unpaired) electrons. The van der Waals surface area contributed by atoms with E-state index in [9.17, 15) is 14.0 Å². The summed E-state index contributed by atoms with van der Waals surface area (Å²) in [6.45, 7) is 4.05. The lowest BCUT2D eigenvalue weighted by Crippen LogP contribution is -2.37. The van der Waals surface area contributed by atoms with Gasteiger partial charge in [0.05, 0.1) is 5.56 Å². The maximum atomic E-state index is 13.1. The molecule has 1 aliphatic carbocycles. The molecule has 1 aromatic carbocycles. The molecule has 0 unspecified atom stereocenters. The molecule has 1 saturated heterocycles. The van der Waals surface area contributed by atoms with Crippen LogP contribution in [0.5, 0.6) is 0 Å². The van der Waals surface area contributed by atoms with Crippen LogP contribution < -0.4 is 10.9 Å². The molecule has 0 bridgehead atoms. The van der Waals surface area contributed by atoms with Crippen molar-refractivity contribution in [1.29, 1.82) is 0 Å². The van der Waals surface area contributed by atoms with Gasteiger partial charge in [0.2, 0.25) is 0 Å². The van der Waals surface area contributed by atoms with Gasteiger partial charge in [-0.1, -0.05) is 0 Å². The summed E-state index contributed by atoms with van der Waals surface area (Å²) in [7, 11) is 0. The number of nitrogens with one attached hydrogen (secondary N) is 1. The van der Waals surface area contributed by atoms with E-state index in [-0.39, 0.29) is 22.7 Å². The van der Waals surface area contributed by atoms with Gasteiger partial charge in [-0.2, -0.15) is 0 Å². The van der Waals surface area contributed by atoms with Gasteiger partial charge >= 0.3 is 0 Å². The lowest BCUT2D eigenvalue weighted by atomic mass is 10.1. The second-order valence-corrected chi connectivity index (χ2v) is 7.77. The van der Waals surface area contributed by atoms with Crippen LogP contribution >= 0.6 is 0 Å². The normalized spacial score (nSPS) is 18.4. The van der Waals surface area contributed by atoms with Crippen molar-refractivity contribution in [1.82, 2.24) is 14.8 Å². The fourth-order valence-electron chi connectivity index (χ4n) is 3.78. The molecule has 4 rings (SSSR count). The van der Waals surface area contributed by atoms with Gasteiger partial charge < -0.3 is 10.2 Å². The fourth-order valence-corrected chi connectivity index (χ4v) is 3.78. The third kappa shape index (κ3) is 4.11. The van der Waals surface area contributed by atoms with Crippen molar-refractivity contribution in [3.05, 3.63) is 64.3 Å². The third-order valence-electron chi connectivity index (χ3n) is 5.62. The Bertz CT molecular complexity index is 881. The zero-order chi connectivity index (χ0) is 18.9. The number of benzene rings is 1. The highest BCUT2D eigenvalue weighted by atomic mass is 19.1. The van der Waals surface area contributed by atoms with Crippen molar-refractivity contribution in [2.24, 2.45) is 5.41 Å². The number of likely N-dealkylation sites (tertiary alicyclic amines) is 1. The zero-order valence-corrected chi connectivity index (χ0v) is 15.3. The third-order valence-corrected chi connectivity index (χ3v) is 5.62. The molecule has 2 aromatic rings. The quantitative estimate of drug-likeness (QED) is 0.852. The van der Waals surface area contributed by atoms with Gasteiger partial charge in [-0.05, 0) is 69.1 Å². The van der Waals surface area contributed by atoms with E-state index >= 15 is 0 Å². The average molecular weight is 369 g/mol. The fraction of sp³-hybridized carbons (Fsp3) is 0.429. The minimum atomic E-state index is -0.367. The van der Waals surface area contributed by atoms with E-state index in [0.29, 0.717) is 17.8 Å². The van der Waals surface area contributed by atoms with E-state index < -0.39 is 0 Å². The van der Waals surface area contributed by atoms with Gasteiger partial charge in [-0.3, -0.25) is 14.2 Å². The Balaban J connectivity index is 1.44. The smallest absolute Gasteiger partial charge is 0.255 e. The first-order valence-electron chi connectivity index (χ1n) is 9.54. The molecule has 27 heavy (non-hydrogen) atoms. The molecule has 0 spiro atoms. The highest BCUT2D eigenvalue weighted by molar-refractivity contribution is 5.94. The molecule has 142 valence electrons. The summed E-state index contributed by atoms with van der Waals surface area (Å²) in [5.74, 6) is -0.549. The predicted octanol–water partition coefficient (Wildman–Crippen LogP) is 2.58. The molecule has 0 atom stereocenters. The van der Waals surface area contributed by atoms with Crippen molar-refractivity contribution >= 4 is 5.91 Å². The van der Waals surface area contributed by atoms with Crippen LogP contribution in [0.3, 0.4) is 0 Å². The summed E-state index contributed by atoms with van der Waals surface area (Å²) < 4.78 is 14.5. The summed E-state index contributed by atoms with van der Waals surface area (Å²) in [5.41, 5.74) is 0.913. The monoisotopic (exact) mass is 369 g/mol. The number of pyridine rings is 1. The van der Waals surface area contributed by atoms with Crippen LogP contribution in [0, 0.1) is 11.2 Å². The second-order valence-electron chi connectivity index (χ2n) is 7.77. The molecule has 1 aromatic heterocycles. The number of nitrogens with zero attached hydrogens (tertiary/aromatic N) is 2. The Kier molecular flexibility index (Phi) is 4.83. The molecular weight excluding hydrogens is 345 g/mol. The van der Waals surface area contributed by atoms with Crippen molar-refractivity contribution in [3.63, 3.8) is 0 Å². The first kappa shape index (κ1) is 17.9. The number of halogens is 1. The number of carbonyl (C=O) groups excluding carboxylic acids is 1. The highest BCUT2D eigenvalue weighted by Gasteiger charge is 2.44. The molecular formula is C21H24FN3O2. The van der Waals surface area contributed by atoms with Gasteiger partial charge in [0.25, 0.3) is 11.5 Å². The lowest BCUT2D eigenvalue weighted by Gasteiger charge is -2.23. The van der Waals surface area contributed by atoms with Crippen LogP contribution in [0.4, 0.5) is 4.39 Å². The van der Waals surface area contributed by atoms with E-state index in [1.54, 1.807) is 0 Å². The van der Waals surface area contributed by atoms with Crippen molar-refractivity contribution in [2.45, 2.75) is 25.7 Å². The summed E-state index contributed by atoms with van der Waals surface area (Å²) in [5, 5.41) is 3.04.